The fourth-order valence-electron chi connectivity index (χ4n) is 3.83. The number of hydrogen-bond donors (Lipinski definition) is 1. The number of aromatic nitrogens is 1. The van der Waals surface area contributed by atoms with Crippen molar-refractivity contribution in [2.45, 2.75) is 17.4 Å². The first kappa shape index (κ1) is 20.3. The van der Waals surface area contributed by atoms with Crippen LogP contribution in [0, 0.1) is 5.92 Å². The molecule has 30 heavy (non-hydrogen) atoms. The zero-order chi connectivity index (χ0) is 21.0. The Hall–Kier alpha value is -3.03. The van der Waals surface area contributed by atoms with E-state index in [-0.39, 0.29) is 29.8 Å². The third-order valence-electron chi connectivity index (χ3n) is 5.42. The fraction of sp³-hybridized carbons (Fsp3) is 0.217. The van der Waals surface area contributed by atoms with Crippen molar-refractivity contribution in [1.82, 2.24) is 14.6 Å². The van der Waals surface area contributed by atoms with E-state index in [0.717, 1.165) is 11.1 Å². The summed E-state index contributed by atoms with van der Waals surface area (Å²) < 4.78 is 27.7. The van der Waals surface area contributed by atoms with E-state index >= 15 is 0 Å². The highest BCUT2D eigenvalue weighted by Gasteiger charge is 2.43. The first-order chi connectivity index (χ1) is 14.6. The molecule has 2 unspecified atom stereocenters. The standard InChI is InChI=1S/C23H23N3O3S/c27-23(25-15-18-8-7-13-24-14-18)22-17-26(16-21(22)19-9-3-1-4-10-19)30(28,29)20-11-5-2-6-12-20/h1-14,21-22H,15-17H2,(H,25,27). The molecule has 2 atom stereocenters. The predicted molar refractivity (Wildman–Crippen MR) is 114 cm³/mol. The van der Waals surface area contributed by atoms with Crippen LogP contribution < -0.4 is 5.32 Å². The molecular weight excluding hydrogens is 398 g/mol. The Labute approximate surface area is 176 Å². The monoisotopic (exact) mass is 421 g/mol. The van der Waals surface area contributed by atoms with Crippen LogP contribution in [0.2, 0.25) is 0 Å². The highest BCUT2D eigenvalue weighted by Crippen LogP contribution is 2.35. The van der Waals surface area contributed by atoms with Crippen LogP contribution in [0.5, 0.6) is 0 Å². The molecule has 2 heterocycles. The summed E-state index contributed by atoms with van der Waals surface area (Å²) in [5, 5.41) is 2.95. The Morgan fingerprint density at radius 2 is 1.67 bits per heavy atom. The van der Waals surface area contributed by atoms with Gasteiger partial charge in [-0.3, -0.25) is 9.78 Å². The lowest BCUT2D eigenvalue weighted by Crippen LogP contribution is -2.35. The summed E-state index contributed by atoms with van der Waals surface area (Å²) in [6.07, 6.45) is 3.38. The van der Waals surface area contributed by atoms with Crippen LogP contribution in [0.15, 0.2) is 90.1 Å². The second kappa shape index (κ2) is 8.77. The number of amides is 1. The van der Waals surface area contributed by atoms with Crippen molar-refractivity contribution >= 4 is 15.9 Å². The summed E-state index contributed by atoms with van der Waals surface area (Å²) in [6.45, 7) is 0.776. The molecule has 1 N–H and O–H groups in total. The average molecular weight is 422 g/mol. The van der Waals surface area contributed by atoms with Crippen LogP contribution in [0.1, 0.15) is 17.0 Å². The summed E-state index contributed by atoms with van der Waals surface area (Å²) in [5.41, 5.74) is 1.86. The lowest BCUT2D eigenvalue weighted by molar-refractivity contribution is -0.125. The molecule has 0 bridgehead atoms. The number of nitrogens with one attached hydrogen (secondary N) is 1. The highest BCUT2D eigenvalue weighted by molar-refractivity contribution is 7.89. The minimum atomic E-state index is -3.67. The number of carbonyl (C=O) groups excluding carboxylic acids is 1. The second-order valence-electron chi connectivity index (χ2n) is 7.34. The van der Waals surface area contributed by atoms with Crippen molar-refractivity contribution in [3.05, 3.63) is 96.3 Å². The second-order valence-corrected chi connectivity index (χ2v) is 9.28. The van der Waals surface area contributed by atoms with Crippen molar-refractivity contribution in [2.75, 3.05) is 13.1 Å². The molecule has 1 amide bonds. The Morgan fingerprint density at radius 1 is 0.967 bits per heavy atom. The van der Waals surface area contributed by atoms with Crippen LogP contribution >= 0.6 is 0 Å². The van der Waals surface area contributed by atoms with Gasteiger partial charge >= 0.3 is 0 Å². The molecule has 154 valence electrons. The molecule has 1 saturated heterocycles. The van der Waals surface area contributed by atoms with Gasteiger partial charge in [0, 0.05) is 37.9 Å². The van der Waals surface area contributed by atoms with Crippen LogP contribution in [-0.2, 0) is 21.4 Å². The first-order valence-electron chi connectivity index (χ1n) is 9.82. The lowest BCUT2D eigenvalue weighted by atomic mass is 9.88. The number of carbonyl (C=O) groups is 1. The summed E-state index contributed by atoms with van der Waals surface area (Å²) in [4.78, 5) is 17.4. The molecule has 2 aromatic carbocycles. The van der Waals surface area contributed by atoms with Crippen molar-refractivity contribution < 1.29 is 13.2 Å². The van der Waals surface area contributed by atoms with Gasteiger partial charge in [-0.2, -0.15) is 4.31 Å². The van der Waals surface area contributed by atoms with E-state index in [0.29, 0.717) is 6.54 Å². The number of sulfonamides is 1. The lowest BCUT2D eigenvalue weighted by Gasteiger charge is -2.18. The van der Waals surface area contributed by atoms with E-state index in [9.17, 15) is 13.2 Å². The number of benzene rings is 2. The van der Waals surface area contributed by atoms with Gasteiger partial charge in [0.25, 0.3) is 0 Å². The SMILES string of the molecule is O=C(NCc1cccnc1)C1CN(S(=O)(=O)c2ccccc2)CC1c1ccccc1. The van der Waals surface area contributed by atoms with Gasteiger partial charge in [0.2, 0.25) is 15.9 Å². The number of pyridine rings is 1. The van der Waals surface area contributed by atoms with E-state index in [4.69, 9.17) is 0 Å². The molecule has 3 aromatic rings. The molecule has 4 rings (SSSR count). The molecule has 0 radical (unpaired) electrons. The minimum Gasteiger partial charge on any atom is -0.352 e. The summed E-state index contributed by atoms with van der Waals surface area (Å²) in [7, 11) is -3.67. The molecule has 1 aromatic heterocycles. The smallest absolute Gasteiger partial charge is 0.243 e. The largest absolute Gasteiger partial charge is 0.352 e. The van der Waals surface area contributed by atoms with Gasteiger partial charge in [0.1, 0.15) is 0 Å². The van der Waals surface area contributed by atoms with Crippen LogP contribution in [-0.4, -0.2) is 36.7 Å². The van der Waals surface area contributed by atoms with Crippen molar-refractivity contribution in [3.8, 4) is 0 Å². The van der Waals surface area contributed by atoms with Crippen molar-refractivity contribution in [2.24, 2.45) is 5.92 Å². The average Bonchev–Trinajstić information content (AvgIpc) is 3.26. The Kier molecular flexibility index (Phi) is 5.92. The van der Waals surface area contributed by atoms with Gasteiger partial charge in [-0.15, -0.1) is 0 Å². The van der Waals surface area contributed by atoms with Crippen molar-refractivity contribution in [1.29, 1.82) is 0 Å². The van der Waals surface area contributed by atoms with Crippen molar-refractivity contribution in [3.63, 3.8) is 0 Å². The maximum absolute atomic E-state index is 13.1. The summed E-state index contributed by atoms with van der Waals surface area (Å²) in [6, 6.07) is 21.7. The fourth-order valence-corrected chi connectivity index (χ4v) is 5.35. The highest BCUT2D eigenvalue weighted by atomic mass is 32.2. The van der Waals surface area contributed by atoms with E-state index < -0.39 is 15.9 Å². The molecule has 1 aliphatic rings. The third-order valence-corrected chi connectivity index (χ3v) is 7.27. The molecule has 0 spiro atoms. The van der Waals surface area contributed by atoms with Crippen LogP contribution in [0.25, 0.3) is 0 Å². The van der Waals surface area contributed by atoms with Gasteiger partial charge in [0.05, 0.1) is 10.8 Å². The molecule has 6 nitrogen and oxygen atoms in total. The Bertz CT molecular complexity index is 1090. The molecule has 0 saturated carbocycles. The first-order valence-corrected chi connectivity index (χ1v) is 11.3. The minimum absolute atomic E-state index is 0.148. The number of hydrogen-bond acceptors (Lipinski definition) is 4. The van der Waals surface area contributed by atoms with Gasteiger partial charge in [-0.25, -0.2) is 8.42 Å². The molecular formula is C23H23N3O3S. The van der Waals surface area contributed by atoms with Crippen LogP contribution in [0.3, 0.4) is 0 Å². The topological polar surface area (TPSA) is 79.4 Å². The van der Waals surface area contributed by atoms with E-state index in [1.54, 1.807) is 42.7 Å². The van der Waals surface area contributed by atoms with E-state index in [2.05, 4.69) is 10.3 Å². The third kappa shape index (κ3) is 4.27. The quantitative estimate of drug-likeness (QED) is 0.664. The van der Waals surface area contributed by atoms with E-state index in [1.807, 2.05) is 42.5 Å². The zero-order valence-electron chi connectivity index (χ0n) is 16.4. The molecule has 1 fully saturated rings. The molecule has 7 heteroatoms. The summed E-state index contributed by atoms with van der Waals surface area (Å²) in [5.74, 6) is -0.834. The zero-order valence-corrected chi connectivity index (χ0v) is 17.2. The number of nitrogens with zero attached hydrogens (tertiary/aromatic N) is 2. The summed E-state index contributed by atoms with van der Waals surface area (Å²) >= 11 is 0. The Balaban J connectivity index is 1.58. The van der Waals surface area contributed by atoms with Gasteiger partial charge in [-0.05, 0) is 29.3 Å². The maximum atomic E-state index is 13.1. The molecule has 1 aliphatic heterocycles. The van der Waals surface area contributed by atoms with Gasteiger partial charge in [0.15, 0.2) is 0 Å². The van der Waals surface area contributed by atoms with Crippen LogP contribution in [0.4, 0.5) is 0 Å². The number of rotatable bonds is 6. The maximum Gasteiger partial charge on any atom is 0.243 e. The predicted octanol–water partition coefficient (Wildman–Crippen LogP) is 2.80. The van der Waals surface area contributed by atoms with Gasteiger partial charge in [-0.1, -0.05) is 54.6 Å². The van der Waals surface area contributed by atoms with Gasteiger partial charge < -0.3 is 5.32 Å². The molecule has 0 aliphatic carbocycles. The normalized spacial score (nSPS) is 19.5. The Morgan fingerprint density at radius 3 is 2.33 bits per heavy atom. The van der Waals surface area contributed by atoms with E-state index in [1.165, 1.54) is 4.31 Å².